The molecule has 3 fully saturated rings. The van der Waals surface area contributed by atoms with Crippen LogP contribution in [0.25, 0.3) is 0 Å². The Morgan fingerprint density at radius 1 is 1.31 bits per heavy atom. The van der Waals surface area contributed by atoms with Crippen molar-refractivity contribution in [3.63, 3.8) is 0 Å². The zero-order valence-electron chi connectivity index (χ0n) is 10.3. The Morgan fingerprint density at radius 2 is 2.00 bits per heavy atom. The van der Waals surface area contributed by atoms with Crippen LogP contribution in [0.1, 0.15) is 44.9 Å². The minimum Gasteiger partial charge on any atom is -0.370 e. The topological polar surface area (TPSA) is 41.6 Å². The van der Waals surface area contributed by atoms with Crippen molar-refractivity contribution in [3.8, 4) is 0 Å². The minimum absolute atomic E-state index is 0.541. The van der Waals surface area contributed by atoms with Crippen molar-refractivity contribution < 1.29 is 0 Å². The first-order chi connectivity index (χ1) is 7.69. The van der Waals surface area contributed by atoms with E-state index in [4.69, 9.17) is 5.73 Å². The first kappa shape index (κ1) is 10.4. The number of fused-ring (bicyclic) bond motifs is 2. The normalized spacial score (nSPS) is 38.1. The molecule has 0 aromatic rings. The number of nitrogens with zero attached hydrogens (tertiary/aromatic N) is 2. The number of hydrogen-bond acceptors (Lipinski definition) is 1. The van der Waals surface area contributed by atoms with Crippen molar-refractivity contribution in [1.29, 1.82) is 0 Å². The standard InChI is InChI=1S/C13H23N3/c1-16(11-2-3-11)12(14)15-9-13-6-4-10(8-13)5-7-13/h10-11H,2-9H2,1H3,(H2,14,15). The van der Waals surface area contributed by atoms with Crippen molar-refractivity contribution in [2.75, 3.05) is 13.6 Å². The molecule has 3 saturated carbocycles. The Bertz CT molecular complexity index is 298. The van der Waals surface area contributed by atoms with Gasteiger partial charge in [0.15, 0.2) is 5.96 Å². The molecule has 0 spiro atoms. The van der Waals surface area contributed by atoms with Crippen LogP contribution in [-0.4, -0.2) is 30.5 Å². The molecule has 2 N–H and O–H groups in total. The maximum absolute atomic E-state index is 6.04. The molecule has 0 saturated heterocycles. The molecule has 16 heavy (non-hydrogen) atoms. The Kier molecular flexibility index (Phi) is 2.37. The van der Waals surface area contributed by atoms with Gasteiger partial charge in [0.25, 0.3) is 0 Å². The molecular weight excluding hydrogens is 198 g/mol. The molecule has 0 atom stereocenters. The third-order valence-electron chi connectivity index (χ3n) is 4.92. The lowest BCUT2D eigenvalue weighted by atomic mass is 9.84. The molecular formula is C13H23N3. The molecule has 3 aliphatic carbocycles. The van der Waals surface area contributed by atoms with Gasteiger partial charge >= 0.3 is 0 Å². The molecule has 2 bridgehead atoms. The van der Waals surface area contributed by atoms with Gasteiger partial charge in [0.2, 0.25) is 0 Å². The van der Waals surface area contributed by atoms with Crippen molar-refractivity contribution in [2.24, 2.45) is 22.1 Å². The quantitative estimate of drug-likeness (QED) is 0.585. The zero-order chi connectivity index (χ0) is 11.2. The van der Waals surface area contributed by atoms with E-state index in [1.807, 2.05) is 0 Å². The van der Waals surface area contributed by atoms with Crippen LogP contribution in [0, 0.1) is 11.3 Å². The smallest absolute Gasteiger partial charge is 0.191 e. The predicted molar refractivity (Wildman–Crippen MR) is 66.3 cm³/mol. The number of nitrogens with two attached hydrogens (primary N) is 1. The second-order valence-electron chi connectivity index (χ2n) is 6.16. The maximum Gasteiger partial charge on any atom is 0.191 e. The van der Waals surface area contributed by atoms with E-state index < -0.39 is 0 Å². The summed E-state index contributed by atoms with van der Waals surface area (Å²) in [6, 6.07) is 0.682. The van der Waals surface area contributed by atoms with Crippen molar-refractivity contribution in [2.45, 2.75) is 51.0 Å². The molecule has 0 aliphatic heterocycles. The van der Waals surface area contributed by atoms with Crippen LogP contribution < -0.4 is 5.73 Å². The number of aliphatic imine (C=N–C) groups is 1. The van der Waals surface area contributed by atoms with Gasteiger partial charge in [0, 0.05) is 19.6 Å². The van der Waals surface area contributed by atoms with Gasteiger partial charge in [-0.25, -0.2) is 0 Å². The Balaban J connectivity index is 1.60. The summed E-state index contributed by atoms with van der Waals surface area (Å²) in [4.78, 5) is 6.82. The summed E-state index contributed by atoms with van der Waals surface area (Å²) in [6.07, 6.45) is 9.65. The Hall–Kier alpha value is -0.730. The van der Waals surface area contributed by atoms with Gasteiger partial charge in [-0.2, -0.15) is 0 Å². The van der Waals surface area contributed by atoms with E-state index in [0.29, 0.717) is 11.5 Å². The van der Waals surface area contributed by atoms with E-state index in [1.165, 1.54) is 44.9 Å². The second kappa shape index (κ2) is 3.64. The molecule has 3 heteroatoms. The molecule has 0 amide bonds. The van der Waals surface area contributed by atoms with Gasteiger partial charge in [0.1, 0.15) is 0 Å². The monoisotopic (exact) mass is 221 g/mol. The first-order valence-electron chi connectivity index (χ1n) is 6.71. The molecule has 3 rings (SSSR count). The average molecular weight is 221 g/mol. The van der Waals surface area contributed by atoms with E-state index in [1.54, 1.807) is 0 Å². The van der Waals surface area contributed by atoms with Gasteiger partial charge in [-0.3, -0.25) is 4.99 Å². The van der Waals surface area contributed by atoms with Gasteiger partial charge in [0.05, 0.1) is 0 Å². The summed E-state index contributed by atoms with van der Waals surface area (Å²) < 4.78 is 0. The fraction of sp³-hybridized carbons (Fsp3) is 0.923. The largest absolute Gasteiger partial charge is 0.370 e. The van der Waals surface area contributed by atoms with Crippen molar-refractivity contribution >= 4 is 5.96 Å². The van der Waals surface area contributed by atoms with Crippen LogP contribution in [0.3, 0.4) is 0 Å². The highest BCUT2D eigenvalue weighted by molar-refractivity contribution is 5.78. The van der Waals surface area contributed by atoms with E-state index >= 15 is 0 Å². The van der Waals surface area contributed by atoms with Gasteiger partial charge < -0.3 is 10.6 Å². The first-order valence-corrected chi connectivity index (χ1v) is 6.71. The zero-order valence-corrected chi connectivity index (χ0v) is 10.3. The summed E-state index contributed by atoms with van der Waals surface area (Å²) in [7, 11) is 2.08. The molecule has 0 radical (unpaired) electrons. The summed E-state index contributed by atoms with van der Waals surface area (Å²) in [5, 5.41) is 0. The molecule has 0 heterocycles. The van der Waals surface area contributed by atoms with Crippen LogP contribution in [0.5, 0.6) is 0 Å². The van der Waals surface area contributed by atoms with E-state index in [-0.39, 0.29) is 0 Å². The van der Waals surface area contributed by atoms with Gasteiger partial charge in [-0.15, -0.1) is 0 Å². The highest BCUT2D eigenvalue weighted by atomic mass is 15.3. The van der Waals surface area contributed by atoms with Crippen molar-refractivity contribution in [3.05, 3.63) is 0 Å². The number of guanidine groups is 1. The highest BCUT2D eigenvalue weighted by Gasteiger charge is 2.44. The summed E-state index contributed by atoms with van der Waals surface area (Å²) in [5.74, 6) is 1.78. The second-order valence-corrected chi connectivity index (χ2v) is 6.16. The van der Waals surface area contributed by atoms with Crippen molar-refractivity contribution in [1.82, 2.24) is 4.90 Å². The highest BCUT2D eigenvalue weighted by Crippen LogP contribution is 2.54. The van der Waals surface area contributed by atoms with Gasteiger partial charge in [-0.05, 0) is 56.3 Å². The lowest BCUT2D eigenvalue weighted by Crippen LogP contribution is -2.36. The van der Waals surface area contributed by atoms with E-state index in [9.17, 15) is 0 Å². The predicted octanol–water partition coefficient (Wildman–Crippen LogP) is 1.98. The molecule has 3 aliphatic rings. The van der Waals surface area contributed by atoms with Crippen LogP contribution in [0.15, 0.2) is 4.99 Å². The average Bonchev–Trinajstić information content (AvgIpc) is 2.97. The molecule has 0 aromatic carbocycles. The number of rotatable bonds is 3. The maximum atomic E-state index is 6.04. The fourth-order valence-electron chi connectivity index (χ4n) is 3.54. The Labute approximate surface area is 98.1 Å². The third kappa shape index (κ3) is 1.80. The molecule has 90 valence electrons. The number of hydrogen-bond donors (Lipinski definition) is 1. The van der Waals surface area contributed by atoms with E-state index in [0.717, 1.165) is 18.4 Å². The van der Waals surface area contributed by atoms with Crippen LogP contribution >= 0.6 is 0 Å². The van der Waals surface area contributed by atoms with Crippen LogP contribution in [0.2, 0.25) is 0 Å². The Morgan fingerprint density at radius 3 is 2.50 bits per heavy atom. The lowest BCUT2D eigenvalue weighted by molar-refractivity contribution is 0.305. The third-order valence-corrected chi connectivity index (χ3v) is 4.92. The minimum atomic E-state index is 0.541. The van der Waals surface area contributed by atoms with Crippen LogP contribution in [0.4, 0.5) is 0 Å². The SMILES string of the molecule is CN(C(N)=NCC12CCC(CC1)C2)C1CC1. The molecule has 0 unspecified atom stereocenters. The fourth-order valence-corrected chi connectivity index (χ4v) is 3.54. The summed E-state index contributed by atoms with van der Waals surface area (Å²) in [5.41, 5.74) is 6.58. The summed E-state index contributed by atoms with van der Waals surface area (Å²) in [6.45, 7) is 0.979. The molecule has 3 nitrogen and oxygen atoms in total. The van der Waals surface area contributed by atoms with Gasteiger partial charge in [-0.1, -0.05) is 0 Å². The summed E-state index contributed by atoms with van der Waals surface area (Å²) >= 11 is 0. The van der Waals surface area contributed by atoms with Crippen LogP contribution in [-0.2, 0) is 0 Å². The van der Waals surface area contributed by atoms with E-state index in [2.05, 4.69) is 16.9 Å². The molecule has 0 aromatic heterocycles. The lowest BCUT2D eigenvalue weighted by Gasteiger charge is -2.25.